The smallest absolute Gasteiger partial charge is 0.122 e. The molecule has 0 aliphatic heterocycles. The minimum atomic E-state index is -0.146. The van der Waals surface area contributed by atoms with Crippen molar-refractivity contribution in [3.63, 3.8) is 0 Å². The molecule has 0 aliphatic rings. The molecule has 1 heteroatoms. The molecule has 0 aromatic carbocycles. The van der Waals surface area contributed by atoms with Crippen LogP contribution >= 0.6 is 0 Å². The topological polar surface area (TPSA) is 0 Å². The van der Waals surface area contributed by atoms with Gasteiger partial charge in [0.05, 0.1) is 0 Å². The monoisotopic (exact) mass is 282 g/mol. The predicted molar refractivity (Wildman–Crippen MR) is 91.5 cm³/mol. The van der Waals surface area contributed by atoms with Gasteiger partial charge in [0.15, 0.2) is 0 Å². The van der Waals surface area contributed by atoms with E-state index in [4.69, 9.17) is 0 Å². The summed E-state index contributed by atoms with van der Waals surface area (Å²) >= 11 is 0. The summed E-state index contributed by atoms with van der Waals surface area (Å²) in [6.07, 6.45) is 7.89. The van der Waals surface area contributed by atoms with Crippen molar-refractivity contribution >= 4 is 0 Å². The average Bonchev–Trinajstić information content (AvgIpc) is 2.39. The molecule has 118 valence electrons. The number of hydrogen-bond donors (Lipinski definition) is 0. The summed E-state index contributed by atoms with van der Waals surface area (Å²) in [4.78, 5) is 0. The molecule has 0 radical (unpaired) electrons. The molecule has 0 fully saturated rings. The van der Waals surface area contributed by atoms with Gasteiger partial charge in [-0.3, -0.25) is 0 Å². The first kappa shape index (κ1) is 21.4. The van der Waals surface area contributed by atoms with Crippen LogP contribution < -0.4 is 0 Å². The number of hydrogen-bond acceptors (Lipinski definition) is 0. The van der Waals surface area contributed by atoms with E-state index >= 15 is 0 Å². The van der Waals surface area contributed by atoms with Crippen molar-refractivity contribution in [3.05, 3.63) is 36.2 Å². The van der Waals surface area contributed by atoms with Gasteiger partial charge in [0, 0.05) is 0 Å². The Bertz CT molecular complexity index is 321. The fourth-order valence-corrected chi connectivity index (χ4v) is 1.59. The van der Waals surface area contributed by atoms with Crippen molar-refractivity contribution < 1.29 is 4.39 Å². The Morgan fingerprint density at radius 2 is 1.70 bits per heavy atom. The van der Waals surface area contributed by atoms with Gasteiger partial charge in [0.1, 0.15) is 5.83 Å². The third kappa shape index (κ3) is 9.12. The van der Waals surface area contributed by atoms with Gasteiger partial charge < -0.3 is 0 Å². The largest absolute Gasteiger partial charge is 0.207 e. The van der Waals surface area contributed by atoms with Gasteiger partial charge in [-0.2, -0.15) is 0 Å². The minimum Gasteiger partial charge on any atom is -0.207 e. The van der Waals surface area contributed by atoms with E-state index in [0.29, 0.717) is 11.5 Å². The van der Waals surface area contributed by atoms with E-state index in [9.17, 15) is 4.39 Å². The van der Waals surface area contributed by atoms with Gasteiger partial charge in [0.2, 0.25) is 0 Å². The van der Waals surface area contributed by atoms with E-state index in [-0.39, 0.29) is 17.2 Å². The molecule has 0 aliphatic carbocycles. The highest BCUT2D eigenvalue weighted by atomic mass is 19.1. The fraction of sp³-hybridized carbons (Fsp3) is 0.684. The first-order chi connectivity index (χ1) is 9.22. The lowest BCUT2D eigenvalue weighted by atomic mass is 9.82. The van der Waals surface area contributed by atoms with E-state index in [1.807, 2.05) is 27.7 Å². The van der Waals surface area contributed by atoms with Crippen LogP contribution in [-0.4, -0.2) is 0 Å². The standard InChI is InChI=1S/C17H29F.C2H6/c1-8-17(7,11-9-10-13(2)3)12-16(18)15(6)14(4)5;1-2/h9-10,12-14H,6,8,11H2,1-5,7H3;1-2H3/b10-9?,16-12+;. The normalized spacial score (nSPS) is 15.2. The molecule has 0 saturated heterocycles. The molecule has 0 rings (SSSR count). The van der Waals surface area contributed by atoms with Gasteiger partial charge in [0.25, 0.3) is 0 Å². The van der Waals surface area contributed by atoms with E-state index in [1.54, 1.807) is 6.08 Å². The SMILES string of the molecule is C=C(/C(F)=C\C(C)(CC)CC=CC(C)C)C(C)C.CC. The Labute approximate surface area is 126 Å². The highest BCUT2D eigenvalue weighted by Crippen LogP contribution is 2.32. The molecule has 20 heavy (non-hydrogen) atoms. The van der Waals surface area contributed by atoms with Gasteiger partial charge >= 0.3 is 0 Å². The summed E-state index contributed by atoms with van der Waals surface area (Å²) in [6.45, 7) is 20.3. The first-order valence-corrected chi connectivity index (χ1v) is 7.96. The maximum absolute atomic E-state index is 14.1. The predicted octanol–water partition coefficient (Wildman–Crippen LogP) is 7.10. The Kier molecular flexibility index (Phi) is 11.7. The summed E-state index contributed by atoms with van der Waals surface area (Å²) in [5.41, 5.74) is 0.482. The van der Waals surface area contributed by atoms with Crippen molar-refractivity contribution in [2.45, 2.75) is 68.2 Å². The average molecular weight is 282 g/mol. The maximum atomic E-state index is 14.1. The van der Waals surface area contributed by atoms with Crippen LogP contribution in [0.3, 0.4) is 0 Å². The van der Waals surface area contributed by atoms with Crippen LogP contribution in [0.5, 0.6) is 0 Å². The van der Waals surface area contributed by atoms with Gasteiger partial charge in [-0.1, -0.05) is 74.1 Å². The molecular formula is C19H35F. The summed E-state index contributed by atoms with van der Waals surface area (Å²) in [5.74, 6) is 0.562. The van der Waals surface area contributed by atoms with E-state index < -0.39 is 0 Å². The minimum absolute atomic E-state index is 0.118. The Hall–Kier alpha value is -0.850. The Morgan fingerprint density at radius 3 is 2.05 bits per heavy atom. The van der Waals surface area contributed by atoms with Crippen molar-refractivity contribution in [2.24, 2.45) is 17.3 Å². The summed E-state index contributed by atoms with van der Waals surface area (Å²) < 4.78 is 14.1. The van der Waals surface area contributed by atoms with Crippen molar-refractivity contribution in [1.82, 2.24) is 0 Å². The lowest BCUT2D eigenvalue weighted by Crippen LogP contribution is -2.12. The summed E-state index contributed by atoms with van der Waals surface area (Å²) in [6, 6.07) is 0. The maximum Gasteiger partial charge on any atom is 0.122 e. The molecule has 0 heterocycles. The molecule has 1 atom stereocenters. The van der Waals surface area contributed by atoms with Crippen LogP contribution in [0.4, 0.5) is 4.39 Å². The fourth-order valence-electron chi connectivity index (χ4n) is 1.59. The van der Waals surface area contributed by atoms with Gasteiger partial charge in [-0.15, -0.1) is 0 Å². The number of rotatable bonds is 7. The zero-order valence-electron chi connectivity index (χ0n) is 14.9. The van der Waals surface area contributed by atoms with Crippen LogP contribution in [0.2, 0.25) is 0 Å². The van der Waals surface area contributed by atoms with Crippen LogP contribution in [-0.2, 0) is 0 Å². The molecule has 1 unspecified atom stereocenters. The van der Waals surface area contributed by atoms with Crippen molar-refractivity contribution in [2.75, 3.05) is 0 Å². The third-order valence-corrected chi connectivity index (χ3v) is 3.39. The second-order valence-corrected chi connectivity index (χ2v) is 6.06. The van der Waals surface area contributed by atoms with Gasteiger partial charge in [-0.25, -0.2) is 4.39 Å². The summed E-state index contributed by atoms with van der Waals surface area (Å²) in [7, 11) is 0. The van der Waals surface area contributed by atoms with E-state index in [0.717, 1.165) is 12.8 Å². The lowest BCUT2D eigenvalue weighted by molar-refractivity contribution is 0.403. The lowest BCUT2D eigenvalue weighted by Gasteiger charge is -2.23. The molecule has 0 saturated carbocycles. The quantitative estimate of drug-likeness (QED) is 0.345. The molecule has 0 bridgehead atoms. The third-order valence-electron chi connectivity index (χ3n) is 3.39. The first-order valence-electron chi connectivity index (χ1n) is 7.96. The van der Waals surface area contributed by atoms with Gasteiger partial charge in [-0.05, 0) is 41.7 Å². The van der Waals surface area contributed by atoms with Crippen LogP contribution in [0.15, 0.2) is 36.2 Å². The molecule has 0 nitrogen and oxygen atoms in total. The van der Waals surface area contributed by atoms with Crippen LogP contribution in [0.1, 0.15) is 68.2 Å². The molecular weight excluding hydrogens is 247 g/mol. The Balaban J connectivity index is 0. The highest BCUT2D eigenvalue weighted by Gasteiger charge is 2.20. The van der Waals surface area contributed by atoms with Crippen molar-refractivity contribution in [3.8, 4) is 0 Å². The molecule has 0 N–H and O–H groups in total. The Morgan fingerprint density at radius 1 is 1.20 bits per heavy atom. The second-order valence-electron chi connectivity index (χ2n) is 6.06. The second kappa shape index (κ2) is 10.9. The zero-order valence-corrected chi connectivity index (χ0v) is 14.9. The van der Waals surface area contributed by atoms with Crippen LogP contribution in [0.25, 0.3) is 0 Å². The zero-order chi connectivity index (χ0) is 16.3. The molecule has 0 aromatic rings. The van der Waals surface area contributed by atoms with Crippen molar-refractivity contribution in [1.29, 1.82) is 0 Å². The van der Waals surface area contributed by atoms with E-state index in [1.165, 1.54) is 0 Å². The number of allylic oxidation sites excluding steroid dienone is 5. The summed E-state index contributed by atoms with van der Waals surface area (Å²) in [5, 5.41) is 0. The molecule has 0 aromatic heterocycles. The van der Waals surface area contributed by atoms with E-state index in [2.05, 4.69) is 46.4 Å². The highest BCUT2D eigenvalue weighted by molar-refractivity contribution is 5.25. The molecule has 0 spiro atoms. The molecule has 0 amide bonds. The van der Waals surface area contributed by atoms with Crippen LogP contribution in [0, 0.1) is 17.3 Å². The number of halogens is 1.